The molecule has 4 heterocycles. The first kappa shape index (κ1) is 150. The van der Waals surface area contributed by atoms with Gasteiger partial charge in [0, 0.05) is 91.9 Å². The molecule has 0 radical (unpaired) electrons. The smallest absolute Gasteiger partial charge is 0.870 e. The first-order valence-electron chi connectivity index (χ1n) is 36.5. The number of imidazole rings is 4. The minimum Gasteiger partial charge on any atom is -0.870 e. The molecule has 1 unspecified atom stereocenters. The number of nitrogens with one attached hydrogen (secondary N) is 3. The number of carbonyl (C=O) groups is 7. The first-order valence-corrected chi connectivity index (χ1v) is 42.0. The Morgan fingerprint density at radius 1 is 0.519 bits per heavy atom. The minimum absolute atomic E-state index is 0. The first-order chi connectivity index (χ1) is 57.3. The number of carboxylic acid groups (broad SMARTS) is 3. The summed E-state index contributed by atoms with van der Waals surface area (Å²) >= 11 is 19.7. The van der Waals surface area contributed by atoms with Crippen molar-refractivity contribution in [1.82, 2.24) is 54.2 Å². The molecule has 1 amide bonds. The maximum atomic E-state index is 13.7. The zero-order valence-electron chi connectivity index (χ0n) is 72.3. The third kappa shape index (κ3) is 66.3. The number of carbonyl (C=O) groups excluding carboxylic acids is 5. The number of aliphatic hydroxyl groups excluding tert-OH is 2. The summed E-state index contributed by atoms with van der Waals surface area (Å²) in [6.07, 6.45) is 26.3. The van der Waals surface area contributed by atoms with Crippen molar-refractivity contribution in [3.63, 3.8) is 0 Å². The van der Waals surface area contributed by atoms with Crippen LogP contribution in [0.5, 0.6) is 0 Å². The molecule has 5 atom stereocenters. The topological polar surface area (TPSA) is 484 Å². The molecule has 0 spiro atoms. The zero-order valence-corrected chi connectivity index (χ0v) is 87.6. The van der Waals surface area contributed by atoms with E-state index >= 15 is 0 Å². The Morgan fingerprint density at radius 2 is 0.809 bits per heavy atom. The van der Waals surface area contributed by atoms with Crippen LogP contribution in [0.25, 0.3) is 0 Å². The van der Waals surface area contributed by atoms with Gasteiger partial charge in [0.2, 0.25) is 0 Å². The Morgan fingerprint density at radius 3 is 1.06 bits per heavy atom. The molecular weight excluding hydrogens is 2020 g/mol. The number of benzene rings is 4. The van der Waals surface area contributed by atoms with E-state index in [9.17, 15) is 77.5 Å². The number of hydrogen-bond donors (Lipinski definition) is 10. The van der Waals surface area contributed by atoms with Crippen LogP contribution in [0.1, 0.15) is 147 Å². The molecule has 0 aliphatic heterocycles. The number of aliphatic hydroxyl groups is 2. The summed E-state index contributed by atoms with van der Waals surface area (Å²) in [7, 11) is -3.33. The molecule has 54 heteroatoms. The fourth-order valence-electron chi connectivity index (χ4n) is 11.2. The maximum Gasteiger partial charge on any atom is 1.00 e. The van der Waals surface area contributed by atoms with Gasteiger partial charge in [-0.3, -0.25) is 32.7 Å². The Bertz CT molecular complexity index is 4220. The number of alkyl halides is 10. The van der Waals surface area contributed by atoms with E-state index in [1.807, 2.05) is 0 Å². The van der Waals surface area contributed by atoms with Crippen LogP contribution in [0, 0.1) is 23.3 Å². The van der Waals surface area contributed by atoms with E-state index < -0.39 is 131 Å². The van der Waals surface area contributed by atoms with E-state index in [1.165, 1.54) is 100 Å². The molecule has 13 N–H and O–H groups in total. The van der Waals surface area contributed by atoms with Gasteiger partial charge in [-0.05, 0) is 108 Å². The molecule has 8 aromatic rings. The molecule has 0 bridgehead atoms. The molecule has 30 nitrogen and oxygen atoms in total. The van der Waals surface area contributed by atoms with E-state index in [1.54, 1.807) is 24.8 Å². The summed E-state index contributed by atoms with van der Waals surface area (Å²) in [6, 6.07) is 21.9. The Balaban J connectivity index is -0.000000148. The third-order valence-electron chi connectivity index (χ3n) is 16.8. The van der Waals surface area contributed by atoms with E-state index in [0.29, 0.717) is 43.7 Å². The second-order valence-electron chi connectivity index (χ2n) is 26.3. The maximum absolute atomic E-state index is 13.7. The van der Waals surface area contributed by atoms with Gasteiger partial charge in [-0.1, -0.05) is 115 Å². The number of aliphatic carboxylic acids is 3. The van der Waals surface area contributed by atoms with E-state index in [2.05, 4.69) is 116 Å². The van der Waals surface area contributed by atoms with Gasteiger partial charge in [-0.2, -0.15) is 0 Å². The number of nitrogens with zero attached hydrogens (tertiary/aromatic N) is 8. The monoisotopic (exact) mass is 2120 g/mol. The van der Waals surface area contributed by atoms with Crippen LogP contribution in [-0.2, 0) is 54.7 Å². The summed E-state index contributed by atoms with van der Waals surface area (Å²) in [6.45, 7) is 2.03. The van der Waals surface area contributed by atoms with Crippen molar-refractivity contribution in [2.24, 2.45) is 5.73 Å². The van der Waals surface area contributed by atoms with Gasteiger partial charge in [0.15, 0.2) is 33.4 Å². The standard InChI is InChI=1S/C27H35F3N2O2.C25H34F2N2O.C7H6N4O.2C5H5FN2O.3C2H3FO2.2CH2Cl2.5ClH.Mg.3Na.H2O4S.2H2O/c1-18(2)20-7-6-8-21(14-20)27(9-4-3-5-10-27)31-17-25(33)24(32-26(34)16-28)13-19-11-22(29)15-23(30)12-19;1-17(2)19-7-6-8-20(14-19)25(9-4-3-5-10-25)29-16-24(30)23(28)13-18-11-21(26)15-22(27)12-18;12-7(10-3-1-8-5-10)11-4-2-9-6-11;2*6-3-5(9)8-2-1-7-4-8;3*3-1-2(4)5;2*2-1-3;;;;;;;;;;1-4-5(2)3;;/h6-8,11-12,14-15,18,24-25,31,33H,3-5,9-10,13,16-17H2,1-2H3,(H,32,34);6-8,11-12,14-15,17,23-24,29-30H,3-5,9-10,13,16,28H2,1-2H3;1-6H;2*1-2,4H,3H2;3*1H2,(H,4,5);2*1H2;5*1H;;;;;1H,(H,2,3);2*1H2/q;;;;;;;;;;;;;;;;3*+1;;;/p-3/t24-,25+;23-,24+;;;;;;;;;;;;;;;;;;;;/m00..................../s1. The van der Waals surface area contributed by atoms with Crippen LogP contribution in [0.2, 0.25) is 0 Å². The van der Waals surface area contributed by atoms with Gasteiger partial charge in [-0.25, -0.2) is 78.2 Å². The van der Waals surface area contributed by atoms with Gasteiger partial charge in [0.25, 0.3) is 17.7 Å². The van der Waals surface area contributed by atoms with Crippen LogP contribution in [0.4, 0.5) is 48.7 Å². The number of rotatable bonds is 24. The fraction of sp³-hybridized carbons (Fsp3) is 0.442. The summed E-state index contributed by atoms with van der Waals surface area (Å²) in [5, 5.41) is 62.7. The number of hydrogen-bond acceptors (Lipinski definition) is 22. The van der Waals surface area contributed by atoms with Crippen molar-refractivity contribution in [3.8, 4) is 0 Å². The number of nitrogens with two attached hydrogens (primary N) is 1. The normalized spacial score (nSPS) is 13.0. The predicted octanol–water partition coefficient (Wildman–Crippen LogP) is 4.87. The Labute approximate surface area is 881 Å². The molecule has 4 aromatic carbocycles. The van der Waals surface area contributed by atoms with Gasteiger partial charge in [0.1, 0.15) is 55.3 Å². The molecular formula is C77H106Cl9F10MgN12Na3O18S. The van der Waals surface area contributed by atoms with Gasteiger partial charge < -0.3 is 63.0 Å². The second-order valence-corrected chi connectivity index (χ2v) is 31.4. The minimum atomic E-state index is -3.33. The van der Waals surface area contributed by atoms with Crippen molar-refractivity contribution >= 4 is 177 Å². The molecule has 0 saturated heterocycles. The van der Waals surface area contributed by atoms with Crippen LogP contribution in [-0.4, -0.2) is 233 Å². The van der Waals surface area contributed by atoms with Crippen LogP contribution < -0.4 is 115 Å². The largest absolute Gasteiger partial charge is 1.00 e. The number of carboxylic acids is 3. The molecule has 2 aliphatic carbocycles. The van der Waals surface area contributed by atoms with Crippen molar-refractivity contribution in [1.29, 1.82) is 0 Å². The molecule has 726 valence electrons. The van der Waals surface area contributed by atoms with Gasteiger partial charge in [0.05, 0.1) is 34.9 Å². The summed E-state index contributed by atoms with van der Waals surface area (Å²) < 4.78 is 147. The molecule has 131 heavy (non-hydrogen) atoms. The summed E-state index contributed by atoms with van der Waals surface area (Å²) in [4.78, 5) is 85.6. The van der Waals surface area contributed by atoms with Gasteiger partial charge in [-0.15, -0.1) is 108 Å². The van der Waals surface area contributed by atoms with Crippen molar-refractivity contribution in [2.75, 3.05) is 63.8 Å². The molecule has 4 aromatic heterocycles. The Hall–Kier alpha value is -3.96. The van der Waals surface area contributed by atoms with Crippen LogP contribution >= 0.6 is 108 Å². The average Bonchev–Trinajstić information content (AvgIpc) is 1.43. The zero-order chi connectivity index (χ0) is 91.7. The van der Waals surface area contributed by atoms with E-state index in [4.69, 9.17) is 91.7 Å². The number of amides is 1. The predicted molar refractivity (Wildman–Crippen MR) is 475 cm³/mol. The summed E-state index contributed by atoms with van der Waals surface area (Å²) in [5.41, 5.74) is 11.4. The van der Waals surface area contributed by atoms with Crippen LogP contribution in [0.3, 0.4) is 0 Å². The third-order valence-corrected chi connectivity index (χ3v) is 17.4. The molecule has 2 fully saturated rings. The quantitative estimate of drug-likeness (QED) is 0.0127. The van der Waals surface area contributed by atoms with Crippen molar-refractivity contribution in [3.05, 3.63) is 216 Å². The molecule has 2 saturated carbocycles. The molecule has 10 rings (SSSR count). The number of aromatic nitrogens is 8. The molecule has 2 aliphatic rings. The van der Waals surface area contributed by atoms with E-state index in [0.717, 1.165) is 91.2 Å². The van der Waals surface area contributed by atoms with Crippen molar-refractivity contribution < 1.29 is 221 Å². The van der Waals surface area contributed by atoms with E-state index in [-0.39, 0.29) is 214 Å². The van der Waals surface area contributed by atoms with Crippen LogP contribution in [0.15, 0.2) is 160 Å². The second kappa shape index (κ2) is 86.4. The van der Waals surface area contributed by atoms with Crippen molar-refractivity contribution in [2.45, 2.75) is 152 Å². The fourth-order valence-corrected chi connectivity index (χ4v) is 11.2. The van der Waals surface area contributed by atoms with Gasteiger partial charge >= 0.3 is 152 Å². The average molecular weight is 2120 g/mol. The summed E-state index contributed by atoms with van der Waals surface area (Å²) in [5.74, 6) is -8.45. The SMILES string of the molecule is CC(C)c1cccc(C2(NC[C@@H](O)[C@@H](N)Cc3cc(F)cc(F)c3)CCCCC2)c1.CC(C)c1cccc(C2(NC[C@@H](O)[C@H](Cc3cc(F)cc(F)c3)NC(=O)CF)CCCCC2)c1.Cl.Cl.Cl.Cl.Cl.ClCCl.ClCCl.O=C(CF)n1ccnc1.O=C(CF)n1ccnc1.O=C(O)CF.O=C(O)CF.O=C([O-])CF.O=C(n1ccnc1)n1ccnc1.O=[S](O)(=[Mg])OO.[Na+].[Na+].[Na+].[OH-].[OH-]. The number of halogens is 19. The Kier molecular flexibility index (Phi) is 98.8.